The van der Waals surface area contributed by atoms with Gasteiger partial charge in [-0.1, -0.05) is 20.8 Å². The normalized spacial score (nSPS) is 12.3. The van der Waals surface area contributed by atoms with Gasteiger partial charge in [0.2, 0.25) is 0 Å². The van der Waals surface area contributed by atoms with Gasteiger partial charge in [0.15, 0.2) is 11.4 Å². The van der Waals surface area contributed by atoms with Crippen molar-refractivity contribution >= 4 is 49.2 Å². The number of anilines is 2. The minimum atomic E-state index is -3.83. The fourth-order valence-electron chi connectivity index (χ4n) is 4.06. The predicted octanol–water partition coefficient (Wildman–Crippen LogP) is 4.64. The van der Waals surface area contributed by atoms with E-state index in [0.717, 1.165) is 16.5 Å². The first-order valence-electron chi connectivity index (χ1n) is 11.4. The molecule has 0 aliphatic carbocycles. The van der Waals surface area contributed by atoms with Crippen LogP contribution in [0.2, 0.25) is 0 Å². The van der Waals surface area contributed by atoms with Gasteiger partial charge < -0.3 is 15.7 Å². The van der Waals surface area contributed by atoms with Crippen LogP contribution in [0.3, 0.4) is 0 Å². The Balaban J connectivity index is 1.50. The number of sulfonamides is 1. The van der Waals surface area contributed by atoms with Crippen molar-refractivity contribution in [3.05, 3.63) is 77.9 Å². The third kappa shape index (κ3) is 4.42. The fraction of sp³-hybridized carbons (Fsp3) is 0.192. The molecule has 0 spiro atoms. The van der Waals surface area contributed by atoms with Crippen molar-refractivity contribution in [3.63, 3.8) is 0 Å². The smallest absolute Gasteiger partial charge is 0.261 e. The number of nitrogen functional groups attached to an aromatic ring is 1. The summed E-state index contributed by atoms with van der Waals surface area (Å²) in [5.41, 5.74) is 9.91. The zero-order valence-corrected chi connectivity index (χ0v) is 20.9. The van der Waals surface area contributed by atoms with Crippen molar-refractivity contribution < 1.29 is 13.2 Å². The number of carbonyl (C=O) groups is 1. The molecule has 0 amide bonds. The summed E-state index contributed by atoms with van der Waals surface area (Å²) in [6.07, 6.45) is 5.45. The molecule has 0 atom stereocenters. The minimum absolute atomic E-state index is 0.0210. The highest BCUT2D eigenvalue weighted by molar-refractivity contribution is 7.92. The molecule has 5 rings (SSSR count). The highest BCUT2D eigenvalue weighted by Crippen LogP contribution is 2.29. The molecule has 9 nitrogen and oxygen atoms in total. The second-order valence-corrected chi connectivity index (χ2v) is 11.5. The maximum Gasteiger partial charge on any atom is 0.261 e. The van der Waals surface area contributed by atoms with Crippen molar-refractivity contribution in [2.24, 2.45) is 5.41 Å². The van der Waals surface area contributed by atoms with Crippen molar-refractivity contribution in [3.8, 4) is 0 Å². The summed E-state index contributed by atoms with van der Waals surface area (Å²) in [5.74, 6) is -0.0210. The second kappa shape index (κ2) is 8.49. The summed E-state index contributed by atoms with van der Waals surface area (Å²) in [6, 6.07) is 11.6. The molecular formula is C26H26N6O3S. The largest absolute Gasteiger partial charge is 0.399 e. The van der Waals surface area contributed by atoms with Gasteiger partial charge in [0.05, 0.1) is 28.0 Å². The molecule has 184 valence electrons. The van der Waals surface area contributed by atoms with E-state index >= 15 is 0 Å². The molecule has 0 fully saturated rings. The first-order chi connectivity index (χ1) is 17.0. The van der Waals surface area contributed by atoms with E-state index in [-0.39, 0.29) is 10.7 Å². The van der Waals surface area contributed by atoms with E-state index in [0.29, 0.717) is 40.2 Å². The number of carbonyl (C=O) groups excluding carboxylic acids is 1. The van der Waals surface area contributed by atoms with Crippen LogP contribution in [0.1, 0.15) is 42.4 Å². The molecule has 10 heteroatoms. The highest BCUT2D eigenvalue weighted by Gasteiger charge is 2.26. The number of hydrogen-bond acceptors (Lipinski definition) is 6. The van der Waals surface area contributed by atoms with Crippen LogP contribution in [0.5, 0.6) is 0 Å². The Labute approximate surface area is 208 Å². The van der Waals surface area contributed by atoms with Crippen LogP contribution in [0.4, 0.5) is 11.4 Å². The molecule has 0 unspecified atom stereocenters. The monoisotopic (exact) mass is 502 g/mol. The summed E-state index contributed by atoms with van der Waals surface area (Å²) >= 11 is 0. The lowest BCUT2D eigenvalue weighted by atomic mass is 9.87. The van der Waals surface area contributed by atoms with E-state index in [9.17, 15) is 13.2 Å². The number of aromatic amines is 2. The molecule has 3 heterocycles. The summed E-state index contributed by atoms with van der Waals surface area (Å²) in [6.45, 7) is 5.60. The second-order valence-electron chi connectivity index (χ2n) is 9.77. The van der Waals surface area contributed by atoms with E-state index < -0.39 is 15.4 Å². The summed E-state index contributed by atoms with van der Waals surface area (Å²) in [7, 11) is -3.83. The number of nitrogens with two attached hydrogens (primary N) is 1. The van der Waals surface area contributed by atoms with E-state index in [1.54, 1.807) is 36.8 Å². The standard InChI is InChI=1S/C26H26N6O3S/c1-26(2,3)24(33)20-14-30-25-23(20)31-17(13-29-25)10-15-11-21-19(8-9-28-21)22(12-15)32-36(34,35)18-6-4-16(27)5-7-18/h4-9,11-14,28,32H,10,27H2,1-3H3,(H,29,30). The van der Waals surface area contributed by atoms with Gasteiger partial charge in [-0.05, 0) is 48.0 Å². The molecular weight excluding hydrogens is 476 g/mol. The average molecular weight is 503 g/mol. The van der Waals surface area contributed by atoms with E-state index in [2.05, 4.69) is 19.7 Å². The molecule has 0 aliphatic rings. The topological polar surface area (TPSA) is 147 Å². The van der Waals surface area contributed by atoms with Gasteiger partial charge in [0.25, 0.3) is 10.0 Å². The van der Waals surface area contributed by atoms with Gasteiger partial charge >= 0.3 is 0 Å². The van der Waals surface area contributed by atoms with Crippen molar-refractivity contribution in [2.45, 2.75) is 32.1 Å². The molecule has 0 saturated carbocycles. The fourth-order valence-corrected chi connectivity index (χ4v) is 5.13. The Bertz CT molecular complexity index is 1710. The van der Waals surface area contributed by atoms with Gasteiger partial charge in [0, 0.05) is 40.8 Å². The summed E-state index contributed by atoms with van der Waals surface area (Å²) in [4.78, 5) is 28.3. The lowest BCUT2D eigenvalue weighted by molar-refractivity contribution is 0.0860. The van der Waals surface area contributed by atoms with Crippen molar-refractivity contribution in [2.75, 3.05) is 10.5 Å². The molecule has 2 aromatic carbocycles. The van der Waals surface area contributed by atoms with E-state index in [4.69, 9.17) is 10.7 Å². The zero-order valence-electron chi connectivity index (χ0n) is 20.1. The number of nitrogens with one attached hydrogen (secondary N) is 3. The minimum Gasteiger partial charge on any atom is -0.399 e. The third-order valence-corrected chi connectivity index (χ3v) is 7.29. The van der Waals surface area contributed by atoms with Crippen LogP contribution >= 0.6 is 0 Å². The molecule has 3 aromatic heterocycles. The van der Waals surface area contributed by atoms with Gasteiger partial charge in [-0.15, -0.1) is 0 Å². The predicted molar refractivity (Wildman–Crippen MR) is 140 cm³/mol. The van der Waals surface area contributed by atoms with Crippen LogP contribution in [-0.2, 0) is 16.4 Å². The van der Waals surface area contributed by atoms with E-state index in [1.807, 2.05) is 32.9 Å². The number of hydrogen-bond donors (Lipinski definition) is 4. The molecule has 0 bridgehead atoms. The third-order valence-electron chi connectivity index (χ3n) is 5.91. The zero-order chi connectivity index (χ0) is 25.7. The summed E-state index contributed by atoms with van der Waals surface area (Å²) < 4.78 is 28.8. The number of H-pyrrole nitrogens is 2. The molecule has 36 heavy (non-hydrogen) atoms. The molecule has 5 aromatic rings. The number of nitrogens with zero attached hydrogens (tertiary/aromatic N) is 2. The Hall–Kier alpha value is -4.18. The summed E-state index contributed by atoms with van der Waals surface area (Å²) in [5, 5.41) is 0.739. The highest BCUT2D eigenvalue weighted by atomic mass is 32.2. The number of benzene rings is 2. The Morgan fingerprint density at radius 3 is 2.56 bits per heavy atom. The lowest BCUT2D eigenvalue weighted by Crippen LogP contribution is -2.20. The maximum atomic E-state index is 13.0. The van der Waals surface area contributed by atoms with Crippen molar-refractivity contribution in [1.29, 1.82) is 0 Å². The molecule has 0 aliphatic heterocycles. The molecule has 0 radical (unpaired) electrons. The Morgan fingerprint density at radius 2 is 1.83 bits per heavy atom. The average Bonchev–Trinajstić information content (AvgIpc) is 3.45. The number of Topliss-reactive ketones (excluding diaryl/α,β-unsaturated/α-hetero) is 1. The van der Waals surface area contributed by atoms with Crippen LogP contribution < -0.4 is 10.5 Å². The lowest BCUT2D eigenvalue weighted by Gasteiger charge is -2.15. The quantitative estimate of drug-likeness (QED) is 0.196. The first-order valence-corrected chi connectivity index (χ1v) is 12.9. The molecule has 0 saturated heterocycles. The van der Waals surface area contributed by atoms with Crippen LogP contribution in [0, 0.1) is 5.41 Å². The van der Waals surface area contributed by atoms with Crippen LogP contribution in [-0.4, -0.2) is 34.1 Å². The number of fused-ring (bicyclic) bond motifs is 2. The van der Waals surface area contributed by atoms with Crippen molar-refractivity contribution in [1.82, 2.24) is 19.9 Å². The van der Waals surface area contributed by atoms with Crippen LogP contribution in [0.25, 0.3) is 22.1 Å². The van der Waals surface area contributed by atoms with Gasteiger partial charge in [0.1, 0.15) is 5.52 Å². The van der Waals surface area contributed by atoms with Gasteiger partial charge in [-0.3, -0.25) is 9.52 Å². The Kier molecular flexibility index (Phi) is 5.55. The number of rotatable bonds is 6. The van der Waals surface area contributed by atoms with Gasteiger partial charge in [-0.25, -0.2) is 18.4 Å². The van der Waals surface area contributed by atoms with E-state index in [1.165, 1.54) is 12.1 Å². The SMILES string of the molecule is CC(C)(C)C(=O)c1c[nH]c2ncc(Cc3cc(NS(=O)(=O)c4ccc(N)cc4)c4cc[nH]c4c3)nc12. The Morgan fingerprint density at radius 1 is 1.08 bits per heavy atom. The van der Waals surface area contributed by atoms with Crippen LogP contribution in [0.15, 0.2) is 66.0 Å². The number of aromatic nitrogens is 4. The number of ketones is 1. The van der Waals surface area contributed by atoms with Gasteiger partial charge in [-0.2, -0.15) is 0 Å². The molecule has 5 N–H and O–H groups in total. The maximum absolute atomic E-state index is 13.0. The first kappa shape index (κ1) is 23.6.